The fourth-order valence-corrected chi connectivity index (χ4v) is 3.95. The van der Waals surface area contributed by atoms with Crippen molar-refractivity contribution >= 4 is 0 Å². The Hall–Kier alpha value is -0.640. The third-order valence-electron chi connectivity index (χ3n) is 6.07. The predicted octanol–water partition coefficient (Wildman–Crippen LogP) is -7.57. The Morgan fingerprint density at radius 2 is 1.03 bits per heavy atom. The molecule has 16 nitrogen and oxygen atoms in total. The molecule has 0 saturated carbocycles. The molecule has 16 heteroatoms. The Kier molecular flexibility index (Phi) is 9.54. The summed E-state index contributed by atoms with van der Waals surface area (Å²) >= 11 is 0. The van der Waals surface area contributed by atoms with Crippen LogP contribution in [0.15, 0.2) is 0 Å². The smallest absolute Gasteiger partial charge is 0.187 e. The molecule has 0 spiro atoms. The fraction of sp³-hybridized carbons (Fsp3) is 1.00. The van der Waals surface area contributed by atoms with Gasteiger partial charge in [-0.2, -0.15) is 0 Å². The van der Waals surface area contributed by atoms with Gasteiger partial charge in [-0.1, -0.05) is 0 Å². The summed E-state index contributed by atoms with van der Waals surface area (Å²) in [7, 11) is 0. The number of aliphatic hydroxyl groups excluding tert-OH is 11. The summed E-state index contributed by atoms with van der Waals surface area (Å²) in [6.07, 6.45) is -24.7. The first-order valence-corrected chi connectivity index (χ1v) is 10.6. The fourth-order valence-electron chi connectivity index (χ4n) is 3.95. The first kappa shape index (κ1) is 27.9. The first-order valence-electron chi connectivity index (χ1n) is 10.6. The zero-order valence-electron chi connectivity index (χ0n) is 17.7. The zero-order chi connectivity index (χ0) is 25.3. The average molecular weight is 504 g/mol. The minimum atomic E-state index is -1.82. The number of hydrogen-bond acceptors (Lipinski definition) is 16. The Balaban J connectivity index is 1.63. The second-order valence-electron chi connectivity index (χ2n) is 8.37. The summed E-state index contributed by atoms with van der Waals surface area (Å²) in [4.78, 5) is 0. The van der Waals surface area contributed by atoms with Crippen molar-refractivity contribution in [3.8, 4) is 0 Å². The minimum Gasteiger partial charge on any atom is -0.394 e. The molecule has 0 aliphatic carbocycles. The number of aliphatic hydroxyl groups is 11. The van der Waals surface area contributed by atoms with Crippen molar-refractivity contribution in [3.05, 3.63) is 0 Å². The molecule has 0 aromatic heterocycles. The molecule has 11 N–H and O–H groups in total. The van der Waals surface area contributed by atoms with Gasteiger partial charge in [-0.15, -0.1) is 0 Å². The predicted molar refractivity (Wildman–Crippen MR) is 101 cm³/mol. The van der Waals surface area contributed by atoms with Gasteiger partial charge in [-0.05, 0) is 0 Å². The summed E-state index contributed by atoms with van der Waals surface area (Å²) < 4.78 is 26.2. The van der Waals surface area contributed by atoms with Gasteiger partial charge in [-0.25, -0.2) is 0 Å². The molecule has 200 valence electrons. The van der Waals surface area contributed by atoms with Crippen molar-refractivity contribution in [3.63, 3.8) is 0 Å². The van der Waals surface area contributed by atoms with Crippen molar-refractivity contribution in [2.75, 3.05) is 19.8 Å². The highest BCUT2D eigenvalue weighted by atomic mass is 16.7. The van der Waals surface area contributed by atoms with Crippen LogP contribution in [-0.4, -0.2) is 168 Å². The van der Waals surface area contributed by atoms with Crippen LogP contribution in [-0.2, 0) is 23.7 Å². The van der Waals surface area contributed by atoms with Crippen LogP contribution in [0.1, 0.15) is 0 Å². The molecule has 3 rings (SSSR count). The van der Waals surface area contributed by atoms with E-state index in [-0.39, 0.29) is 0 Å². The molecule has 0 unspecified atom stereocenters. The van der Waals surface area contributed by atoms with E-state index in [1.165, 1.54) is 0 Å². The summed E-state index contributed by atoms with van der Waals surface area (Å²) in [6, 6.07) is 0. The van der Waals surface area contributed by atoms with Crippen LogP contribution in [0.25, 0.3) is 0 Å². The van der Waals surface area contributed by atoms with Gasteiger partial charge in [0.15, 0.2) is 18.9 Å². The maximum absolute atomic E-state index is 10.5. The Bertz CT molecular complexity index is 637. The van der Waals surface area contributed by atoms with Gasteiger partial charge >= 0.3 is 0 Å². The van der Waals surface area contributed by atoms with Crippen LogP contribution in [0.3, 0.4) is 0 Å². The van der Waals surface area contributed by atoms with Crippen LogP contribution < -0.4 is 0 Å². The van der Waals surface area contributed by atoms with Gasteiger partial charge in [0.1, 0.15) is 73.2 Å². The quantitative estimate of drug-likeness (QED) is 0.154. The topological polar surface area (TPSA) is 269 Å². The lowest BCUT2D eigenvalue weighted by Crippen LogP contribution is -2.65. The van der Waals surface area contributed by atoms with Crippen LogP contribution in [0.4, 0.5) is 0 Å². The standard InChI is InChI=1S/C18H32O16/c19-1-4-7(21)10(24)13(27)18(32-4)34-15-5(2-20)33-17(14(28)11(15)25)30-3-6-8(22)9(23)12(26)16(29)31-6/h4-29H,1-3H2/t4-,5-,6-,7-,8+,9+,10+,11-,12-,13+,14-,15+,16-,17-,18-/m1/s1. The minimum absolute atomic E-state index is 0.577. The molecule has 0 radical (unpaired) electrons. The van der Waals surface area contributed by atoms with Gasteiger partial charge < -0.3 is 79.9 Å². The van der Waals surface area contributed by atoms with Crippen LogP contribution >= 0.6 is 0 Å². The van der Waals surface area contributed by atoms with Gasteiger partial charge in [0.25, 0.3) is 0 Å². The van der Waals surface area contributed by atoms with E-state index >= 15 is 0 Å². The highest BCUT2D eigenvalue weighted by Crippen LogP contribution is 2.30. The molecule has 34 heavy (non-hydrogen) atoms. The SMILES string of the molecule is OC[C@H]1O[C@H](O[C@@H]2[C@H](O)[C@@H](O)[C@H](OC[C@H]3O[C@@H](O)[C@H](O)[C@@H](O)[C@H]3O)O[C@@H]2CO)[C@@H](O)[C@@H](O)[C@@H]1O. The van der Waals surface area contributed by atoms with Crippen LogP contribution in [0.2, 0.25) is 0 Å². The van der Waals surface area contributed by atoms with E-state index < -0.39 is 112 Å². The molecule has 3 fully saturated rings. The molecule has 0 amide bonds. The molecule has 0 aromatic carbocycles. The van der Waals surface area contributed by atoms with E-state index in [0.717, 1.165) is 0 Å². The maximum Gasteiger partial charge on any atom is 0.187 e. The zero-order valence-corrected chi connectivity index (χ0v) is 17.7. The van der Waals surface area contributed by atoms with E-state index in [1.807, 2.05) is 0 Å². The lowest BCUT2D eigenvalue weighted by Gasteiger charge is -2.46. The molecule has 0 bridgehead atoms. The highest BCUT2D eigenvalue weighted by molar-refractivity contribution is 4.94. The second kappa shape index (κ2) is 11.6. The third-order valence-corrected chi connectivity index (χ3v) is 6.07. The summed E-state index contributed by atoms with van der Waals surface area (Å²) in [5.41, 5.74) is 0. The van der Waals surface area contributed by atoms with Crippen LogP contribution in [0, 0.1) is 0 Å². The third kappa shape index (κ3) is 5.52. The lowest BCUT2D eigenvalue weighted by molar-refractivity contribution is -0.363. The molecule has 15 atom stereocenters. The van der Waals surface area contributed by atoms with E-state index in [1.54, 1.807) is 0 Å². The number of ether oxygens (including phenoxy) is 5. The molecule has 3 aliphatic rings. The Labute approximate surface area is 192 Å². The molecule has 3 saturated heterocycles. The van der Waals surface area contributed by atoms with Crippen LogP contribution in [0.5, 0.6) is 0 Å². The molecule has 3 heterocycles. The molecular weight excluding hydrogens is 472 g/mol. The van der Waals surface area contributed by atoms with Crippen molar-refractivity contribution in [1.29, 1.82) is 0 Å². The second-order valence-corrected chi connectivity index (χ2v) is 8.37. The van der Waals surface area contributed by atoms with Crippen molar-refractivity contribution in [1.82, 2.24) is 0 Å². The molecular formula is C18H32O16. The highest BCUT2D eigenvalue weighted by Gasteiger charge is 2.51. The van der Waals surface area contributed by atoms with Crippen molar-refractivity contribution in [2.45, 2.75) is 92.1 Å². The van der Waals surface area contributed by atoms with E-state index in [4.69, 9.17) is 23.7 Å². The van der Waals surface area contributed by atoms with E-state index in [0.29, 0.717) is 0 Å². The Morgan fingerprint density at radius 1 is 0.500 bits per heavy atom. The number of hydrogen-bond donors (Lipinski definition) is 11. The first-order chi connectivity index (χ1) is 16.0. The normalized spacial score (nSPS) is 52.5. The van der Waals surface area contributed by atoms with E-state index in [2.05, 4.69) is 0 Å². The summed E-state index contributed by atoms with van der Waals surface area (Å²) in [5.74, 6) is 0. The monoisotopic (exact) mass is 504 g/mol. The average Bonchev–Trinajstić information content (AvgIpc) is 2.83. The summed E-state index contributed by atoms with van der Waals surface area (Å²) in [6.45, 7) is -2.09. The maximum atomic E-state index is 10.5. The van der Waals surface area contributed by atoms with Gasteiger partial charge in [0, 0.05) is 0 Å². The molecule has 0 aromatic rings. The summed E-state index contributed by atoms with van der Waals surface area (Å²) in [5, 5.41) is 109. The van der Waals surface area contributed by atoms with Gasteiger partial charge in [-0.3, -0.25) is 0 Å². The largest absolute Gasteiger partial charge is 0.394 e. The lowest BCUT2D eigenvalue weighted by atomic mass is 9.97. The van der Waals surface area contributed by atoms with Gasteiger partial charge in [0.05, 0.1) is 19.8 Å². The van der Waals surface area contributed by atoms with Gasteiger partial charge in [0.2, 0.25) is 0 Å². The Morgan fingerprint density at radius 3 is 1.65 bits per heavy atom. The van der Waals surface area contributed by atoms with Crippen molar-refractivity contribution < 1.29 is 79.9 Å². The van der Waals surface area contributed by atoms with Crippen molar-refractivity contribution in [2.24, 2.45) is 0 Å². The molecule has 3 aliphatic heterocycles. The van der Waals surface area contributed by atoms with E-state index in [9.17, 15) is 56.2 Å². The number of rotatable bonds is 7.